The van der Waals surface area contributed by atoms with Crippen LogP contribution < -0.4 is 31.0 Å². The Bertz CT molecular complexity index is 1630. The second-order valence-corrected chi connectivity index (χ2v) is 10.1. The van der Waals surface area contributed by atoms with Gasteiger partial charge in [0.15, 0.2) is 0 Å². The molecule has 4 aromatic rings. The fourth-order valence-electron chi connectivity index (χ4n) is 4.08. The van der Waals surface area contributed by atoms with E-state index in [0.29, 0.717) is 23.5 Å². The van der Waals surface area contributed by atoms with Gasteiger partial charge in [0.1, 0.15) is 23.3 Å². The molecule has 0 bridgehead atoms. The van der Waals surface area contributed by atoms with Gasteiger partial charge in [0.05, 0.1) is 31.6 Å². The van der Waals surface area contributed by atoms with Crippen LogP contribution in [-0.2, 0) is 17.6 Å². The van der Waals surface area contributed by atoms with Crippen molar-refractivity contribution in [3.63, 3.8) is 0 Å². The molecule has 0 radical (unpaired) electrons. The van der Waals surface area contributed by atoms with Crippen molar-refractivity contribution in [3.05, 3.63) is 133 Å². The Balaban J connectivity index is 0.000000260. The van der Waals surface area contributed by atoms with E-state index in [9.17, 15) is 24.6 Å². The van der Waals surface area contributed by atoms with Crippen LogP contribution in [0.3, 0.4) is 0 Å². The van der Waals surface area contributed by atoms with Gasteiger partial charge in [-0.3, -0.25) is 10.9 Å². The van der Waals surface area contributed by atoms with E-state index in [1.807, 2.05) is 36.4 Å². The number of aliphatic hydroxyl groups excluding tert-OH is 1. The SMILES string of the molecule is C=C(O)C(Cc1ccccc1)NC(=O)NNc1ccc(OC)cc1.COc1ccc(N=NC(=O)NC(Cc2ccccc2)C(=O)O)cc1. The number of rotatable bonds is 13. The van der Waals surface area contributed by atoms with Gasteiger partial charge in [0.25, 0.3) is 0 Å². The molecule has 0 heterocycles. The molecule has 0 fully saturated rings. The van der Waals surface area contributed by atoms with Crippen molar-refractivity contribution in [2.24, 2.45) is 10.2 Å². The zero-order valence-corrected chi connectivity index (χ0v) is 26.5. The molecular weight excluding hydrogens is 616 g/mol. The molecule has 2 atom stereocenters. The number of benzene rings is 4. The lowest BCUT2D eigenvalue weighted by molar-refractivity contribution is -0.139. The first-order chi connectivity index (χ1) is 23.2. The normalized spacial score (nSPS) is 11.5. The van der Waals surface area contributed by atoms with Gasteiger partial charge in [0.2, 0.25) is 0 Å². The van der Waals surface area contributed by atoms with Crippen LogP contribution in [0.5, 0.6) is 11.5 Å². The summed E-state index contributed by atoms with van der Waals surface area (Å²) in [5, 5.41) is 31.2. The number of anilines is 1. The third kappa shape index (κ3) is 12.9. The molecule has 48 heavy (non-hydrogen) atoms. The van der Waals surface area contributed by atoms with Gasteiger partial charge in [-0.25, -0.2) is 14.4 Å². The van der Waals surface area contributed by atoms with Gasteiger partial charge in [-0.05, 0) is 66.1 Å². The fraction of sp³-hybridized carbons (Fsp3) is 0.171. The summed E-state index contributed by atoms with van der Waals surface area (Å²) >= 11 is 0. The van der Waals surface area contributed by atoms with Crippen LogP contribution in [0.1, 0.15) is 11.1 Å². The number of methoxy groups -OCH3 is 2. The van der Waals surface area contributed by atoms with E-state index in [4.69, 9.17) is 9.47 Å². The summed E-state index contributed by atoms with van der Waals surface area (Å²) in [6.45, 7) is 3.52. The highest BCUT2D eigenvalue weighted by Crippen LogP contribution is 2.18. The first kappa shape index (κ1) is 36.1. The molecule has 0 aliphatic heterocycles. The highest BCUT2D eigenvalue weighted by atomic mass is 16.5. The molecule has 0 saturated heterocycles. The number of aliphatic hydroxyl groups is 1. The number of urea groups is 2. The molecule has 0 aliphatic rings. The number of aliphatic carboxylic acids is 1. The summed E-state index contributed by atoms with van der Waals surface area (Å²) in [6, 6.07) is 29.4. The van der Waals surface area contributed by atoms with Gasteiger partial charge in [-0.15, -0.1) is 5.11 Å². The Labute approximate surface area is 278 Å². The molecule has 0 saturated carbocycles. The zero-order valence-electron chi connectivity index (χ0n) is 26.5. The van der Waals surface area contributed by atoms with E-state index < -0.39 is 30.1 Å². The molecular formula is C35H38N6O7. The summed E-state index contributed by atoms with van der Waals surface area (Å²) in [6.07, 6.45) is 0.617. The third-order valence-electron chi connectivity index (χ3n) is 6.61. The molecule has 4 rings (SSSR count). The number of azo groups is 1. The third-order valence-corrected chi connectivity index (χ3v) is 6.61. The van der Waals surface area contributed by atoms with E-state index >= 15 is 0 Å². The summed E-state index contributed by atoms with van der Waals surface area (Å²) in [7, 11) is 3.13. The monoisotopic (exact) mass is 654 g/mol. The van der Waals surface area contributed by atoms with Gasteiger partial charge < -0.3 is 30.3 Å². The number of carboxylic acid groups (broad SMARTS) is 1. The zero-order chi connectivity index (χ0) is 34.7. The largest absolute Gasteiger partial charge is 0.511 e. The number of carbonyl (C=O) groups is 3. The number of hydrogen-bond donors (Lipinski definition) is 6. The van der Waals surface area contributed by atoms with Crippen LogP contribution >= 0.6 is 0 Å². The number of carboxylic acids is 1. The Morgan fingerprint density at radius 1 is 0.708 bits per heavy atom. The van der Waals surface area contributed by atoms with Crippen LogP contribution in [0.25, 0.3) is 0 Å². The maximum atomic E-state index is 12.0. The van der Waals surface area contributed by atoms with Crippen molar-refractivity contribution in [1.82, 2.24) is 16.1 Å². The van der Waals surface area contributed by atoms with E-state index in [2.05, 4.69) is 38.3 Å². The second-order valence-electron chi connectivity index (χ2n) is 10.1. The van der Waals surface area contributed by atoms with Crippen molar-refractivity contribution >= 4 is 29.4 Å². The maximum Gasteiger partial charge on any atom is 0.360 e. The number of nitrogens with one attached hydrogen (secondary N) is 4. The highest BCUT2D eigenvalue weighted by Gasteiger charge is 2.20. The first-order valence-corrected chi connectivity index (χ1v) is 14.7. The number of amides is 4. The average Bonchev–Trinajstić information content (AvgIpc) is 3.11. The minimum absolute atomic E-state index is 0.0987. The summed E-state index contributed by atoms with van der Waals surface area (Å²) < 4.78 is 10.1. The van der Waals surface area contributed by atoms with Crippen molar-refractivity contribution in [3.8, 4) is 11.5 Å². The van der Waals surface area contributed by atoms with Crippen LogP contribution in [-0.4, -0.2) is 54.5 Å². The number of hydrazine groups is 1. The predicted molar refractivity (Wildman–Crippen MR) is 182 cm³/mol. The van der Waals surface area contributed by atoms with Crippen molar-refractivity contribution < 1.29 is 34.1 Å². The Hall–Kier alpha value is -6.37. The average molecular weight is 655 g/mol. The molecule has 6 N–H and O–H groups in total. The van der Waals surface area contributed by atoms with Crippen LogP contribution in [0, 0.1) is 0 Å². The Morgan fingerprint density at radius 3 is 1.69 bits per heavy atom. The number of ether oxygens (including phenoxy) is 2. The number of nitrogens with zero attached hydrogens (tertiary/aromatic N) is 2. The lowest BCUT2D eigenvalue weighted by Crippen LogP contribution is -2.45. The number of hydrogen-bond acceptors (Lipinski definition) is 8. The lowest BCUT2D eigenvalue weighted by atomic mass is 10.1. The molecule has 0 aliphatic carbocycles. The predicted octanol–water partition coefficient (Wildman–Crippen LogP) is 6.19. The Morgan fingerprint density at radius 2 is 1.21 bits per heavy atom. The van der Waals surface area contributed by atoms with Crippen LogP contribution in [0.15, 0.2) is 132 Å². The van der Waals surface area contributed by atoms with Crippen LogP contribution in [0.4, 0.5) is 21.0 Å². The van der Waals surface area contributed by atoms with Crippen molar-refractivity contribution in [2.45, 2.75) is 24.9 Å². The Kier molecular flexibility index (Phi) is 14.5. The maximum absolute atomic E-state index is 12.0. The highest BCUT2D eigenvalue weighted by molar-refractivity contribution is 5.83. The van der Waals surface area contributed by atoms with E-state index in [0.717, 1.165) is 16.9 Å². The fourth-order valence-corrected chi connectivity index (χ4v) is 4.08. The van der Waals surface area contributed by atoms with E-state index in [1.54, 1.807) is 87.0 Å². The molecule has 4 aromatic carbocycles. The van der Waals surface area contributed by atoms with Gasteiger partial charge in [0, 0.05) is 6.42 Å². The van der Waals surface area contributed by atoms with Crippen LogP contribution in [0.2, 0.25) is 0 Å². The van der Waals surface area contributed by atoms with Crippen molar-refractivity contribution in [2.75, 3.05) is 19.6 Å². The molecule has 4 amide bonds. The molecule has 13 nitrogen and oxygen atoms in total. The minimum Gasteiger partial charge on any atom is -0.511 e. The lowest BCUT2D eigenvalue weighted by Gasteiger charge is -2.18. The van der Waals surface area contributed by atoms with Gasteiger partial charge >= 0.3 is 18.0 Å². The van der Waals surface area contributed by atoms with Gasteiger partial charge in [-0.1, -0.05) is 72.4 Å². The first-order valence-electron chi connectivity index (χ1n) is 14.7. The molecule has 2 unspecified atom stereocenters. The molecule has 13 heteroatoms. The van der Waals surface area contributed by atoms with Crippen molar-refractivity contribution in [1.29, 1.82) is 0 Å². The summed E-state index contributed by atoms with van der Waals surface area (Å²) in [4.78, 5) is 35.1. The smallest absolute Gasteiger partial charge is 0.360 e. The molecule has 0 aromatic heterocycles. The van der Waals surface area contributed by atoms with Gasteiger partial charge in [-0.2, -0.15) is 0 Å². The quantitative estimate of drug-likeness (QED) is 0.0560. The summed E-state index contributed by atoms with van der Waals surface area (Å²) in [5.74, 6) is 0.155. The molecule has 250 valence electrons. The number of carbonyl (C=O) groups excluding carboxylic acids is 2. The standard InChI is InChI=1S/C18H21N3O3.C17H17N3O4/c1-13(22)17(12-14-6-4-3-5-7-14)19-18(23)21-20-15-8-10-16(24-2)11-9-15;1-24-14-9-7-13(8-10-14)19-20-17(23)18-15(16(21)22)11-12-5-3-2-4-6-12/h3-11,17,20,22H,1,12H2,2H3,(H2,19,21,23);2-10,15H,11H2,1H3,(H,18,23)(H,21,22). The minimum atomic E-state index is -1.13. The molecule has 0 spiro atoms. The topological polar surface area (TPSA) is 183 Å². The summed E-state index contributed by atoms with van der Waals surface area (Å²) in [5.41, 5.74) is 8.24. The van der Waals surface area contributed by atoms with E-state index in [1.165, 1.54) is 0 Å². The second kappa shape index (κ2) is 19.2. The van der Waals surface area contributed by atoms with E-state index in [-0.39, 0.29) is 12.2 Å².